The molecule has 0 heterocycles. The first-order valence-electron chi connectivity index (χ1n) is 4.29. The minimum absolute atomic E-state index is 0.287. The zero-order chi connectivity index (χ0) is 8.81. The Morgan fingerprint density at radius 1 is 1.67 bits per heavy atom. The molecule has 0 aliphatic heterocycles. The van der Waals surface area contributed by atoms with Crippen molar-refractivity contribution in [1.82, 2.24) is 0 Å². The van der Waals surface area contributed by atoms with Crippen molar-refractivity contribution in [3.8, 4) is 0 Å². The highest BCUT2D eigenvalue weighted by Crippen LogP contribution is 2.23. The van der Waals surface area contributed by atoms with E-state index in [0.29, 0.717) is 5.25 Å². The van der Waals surface area contributed by atoms with Crippen LogP contribution in [-0.4, -0.2) is 22.1 Å². The van der Waals surface area contributed by atoms with E-state index in [1.165, 1.54) is 19.3 Å². The monoisotopic (exact) mass is 186 g/mol. The highest BCUT2D eigenvalue weighted by molar-refractivity contribution is 8.00. The zero-order valence-corrected chi connectivity index (χ0v) is 7.85. The number of carboxylic acid groups (broad SMARTS) is 1. The fourth-order valence-electron chi connectivity index (χ4n) is 1.22. The van der Waals surface area contributed by atoms with E-state index in [0.717, 1.165) is 5.75 Å². The molecule has 68 valence electrons. The lowest BCUT2D eigenvalue weighted by Crippen LogP contribution is -2.05. The molecule has 1 aliphatic rings. The van der Waals surface area contributed by atoms with Gasteiger partial charge in [-0.3, -0.25) is 4.79 Å². The molecule has 0 unspecified atom stereocenters. The third-order valence-corrected chi connectivity index (χ3v) is 3.12. The number of hydrogen-bond donors (Lipinski definition) is 1. The Morgan fingerprint density at radius 2 is 2.50 bits per heavy atom. The Balaban J connectivity index is 2.09. The normalized spacial score (nSPS) is 22.5. The summed E-state index contributed by atoms with van der Waals surface area (Å²) in [4.78, 5) is 10.2. The van der Waals surface area contributed by atoms with Gasteiger partial charge in [0, 0.05) is 11.0 Å². The lowest BCUT2D eigenvalue weighted by Gasteiger charge is -2.14. The average molecular weight is 186 g/mol. The lowest BCUT2D eigenvalue weighted by atomic mass is 10.1. The van der Waals surface area contributed by atoms with Crippen LogP contribution in [0.5, 0.6) is 0 Å². The van der Waals surface area contributed by atoms with Gasteiger partial charge in [-0.05, 0) is 19.3 Å². The summed E-state index contributed by atoms with van der Waals surface area (Å²) in [5.41, 5.74) is 0. The van der Waals surface area contributed by atoms with Crippen molar-refractivity contribution >= 4 is 17.7 Å². The van der Waals surface area contributed by atoms with E-state index < -0.39 is 5.97 Å². The number of rotatable bonds is 4. The van der Waals surface area contributed by atoms with E-state index in [2.05, 4.69) is 12.2 Å². The van der Waals surface area contributed by atoms with E-state index in [9.17, 15) is 4.79 Å². The summed E-state index contributed by atoms with van der Waals surface area (Å²) in [6.07, 6.45) is 8.34. The predicted molar refractivity (Wildman–Crippen MR) is 51.5 cm³/mol. The van der Waals surface area contributed by atoms with Crippen molar-refractivity contribution in [2.75, 3.05) is 5.75 Å². The van der Waals surface area contributed by atoms with Crippen molar-refractivity contribution in [1.29, 1.82) is 0 Å². The molecular formula is C9H14O2S. The first kappa shape index (κ1) is 9.65. The standard InChI is InChI=1S/C9H14O2S/c10-9(11)6-7-12-8-4-2-1-3-5-8/h2,4,8H,1,3,5-7H2,(H,10,11)/t8-/m1/s1. The Kier molecular flexibility index (Phi) is 4.22. The summed E-state index contributed by atoms with van der Waals surface area (Å²) in [5.74, 6) is 0.0481. The van der Waals surface area contributed by atoms with Gasteiger partial charge in [0.15, 0.2) is 0 Å². The molecule has 2 nitrogen and oxygen atoms in total. The van der Waals surface area contributed by atoms with Crippen molar-refractivity contribution < 1.29 is 9.90 Å². The molecule has 0 bridgehead atoms. The quantitative estimate of drug-likeness (QED) is 0.684. The van der Waals surface area contributed by atoms with E-state index in [1.54, 1.807) is 11.8 Å². The second-order valence-electron chi connectivity index (χ2n) is 2.91. The summed E-state index contributed by atoms with van der Waals surface area (Å²) >= 11 is 1.76. The van der Waals surface area contributed by atoms with Gasteiger partial charge in [-0.1, -0.05) is 12.2 Å². The molecule has 0 radical (unpaired) electrons. The number of aliphatic carboxylic acids is 1. The highest BCUT2D eigenvalue weighted by Gasteiger charge is 2.08. The van der Waals surface area contributed by atoms with Crippen LogP contribution >= 0.6 is 11.8 Å². The molecule has 0 saturated heterocycles. The van der Waals surface area contributed by atoms with Crippen molar-refractivity contribution in [2.45, 2.75) is 30.9 Å². The molecule has 1 N–H and O–H groups in total. The van der Waals surface area contributed by atoms with Crippen LogP contribution in [0, 0.1) is 0 Å². The average Bonchev–Trinajstić information content (AvgIpc) is 2.05. The van der Waals surface area contributed by atoms with Gasteiger partial charge < -0.3 is 5.11 Å². The minimum atomic E-state index is -0.692. The molecule has 0 amide bonds. The van der Waals surface area contributed by atoms with Gasteiger partial charge in [0.25, 0.3) is 0 Å². The summed E-state index contributed by atoms with van der Waals surface area (Å²) in [6, 6.07) is 0. The van der Waals surface area contributed by atoms with Crippen molar-refractivity contribution in [3.63, 3.8) is 0 Å². The molecule has 0 aromatic heterocycles. The van der Waals surface area contributed by atoms with E-state index in [1.807, 2.05) is 0 Å². The largest absolute Gasteiger partial charge is 0.481 e. The van der Waals surface area contributed by atoms with Gasteiger partial charge >= 0.3 is 5.97 Å². The number of carbonyl (C=O) groups is 1. The summed E-state index contributed by atoms with van der Waals surface area (Å²) in [7, 11) is 0. The smallest absolute Gasteiger partial charge is 0.304 e. The molecule has 0 fully saturated rings. The van der Waals surface area contributed by atoms with Crippen LogP contribution in [0.4, 0.5) is 0 Å². The van der Waals surface area contributed by atoms with Crippen LogP contribution in [0.3, 0.4) is 0 Å². The van der Waals surface area contributed by atoms with Crippen LogP contribution in [0.1, 0.15) is 25.7 Å². The summed E-state index contributed by atoms with van der Waals surface area (Å²) in [6.45, 7) is 0. The number of thioether (sulfide) groups is 1. The zero-order valence-electron chi connectivity index (χ0n) is 7.03. The number of allylic oxidation sites excluding steroid dienone is 1. The van der Waals surface area contributed by atoms with Crippen molar-refractivity contribution in [3.05, 3.63) is 12.2 Å². The second-order valence-corrected chi connectivity index (χ2v) is 4.26. The van der Waals surface area contributed by atoms with Gasteiger partial charge in [-0.15, -0.1) is 0 Å². The molecule has 12 heavy (non-hydrogen) atoms. The van der Waals surface area contributed by atoms with Crippen LogP contribution in [0.2, 0.25) is 0 Å². The maximum absolute atomic E-state index is 10.2. The topological polar surface area (TPSA) is 37.3 Å². The molecule has 1 aliphatic carbocycles. The number of hydrogen-bond acceptors (Lipinski definition) is 2. The first-order chi connectivity index (χ1) is 5.79. The van der Waals surface area contributed by atoms with Crippen molar-refractivity contribution in [2.24, 2.45) is 0 Å². The van der Waals surface area contributed by atoms with Gasteiger partial charge in [-0.25, -0.2) is 0 Å². The minimum Gasteiger partial charge on any atom is -0.481 e. The highest BCUT2D eigenvalue weighted by atomic mass is 32.2. The summed E-state index contributed by atoms with van der Waals surface area (Å²) in [5, 5.41) is 8.98. The summed E-state index contributed by atoms with van der Waals surface area (Å²) < 4.78 is 0. The van der Waals surface area contributed by atoms with Gasteiger partial charge in [0.2, 0.25) is 0 Å². The van der Waals surface area contributed by atoms with Crippen LogP contribution in [0.15, 0.2) is 12.2 Å². The molecule has 3 heteroatoms. The predicted octanol–water partition coefficient (Wildman–Crippen LogP) is 2.30. The van der Waals surface area contributed by atoms with Crippen LogP contribution in [-0.2, 0) is 4.79 Å². The second kappa shape index (κ2) is 5.25. The third kappa shape index (κ3) is 3.81. The molecule has 0 saturated carbocycles. The fourth-order valence-corrected chi connectivity index (χ4v) is 2.37. The Morgan fingerprint density at radius 3 is 3.08 bits per heavy atom. The maximum atomic E-state index is 10.2. The Labute approximate surface area is 77.0 Å². The maximum Gasteiger partial charge on any atom is 0.304 e. The van der Waals surface area contributed by atoms with Gasteiger partial charge in [0.05, 0.1) is 6.42 Å². The Bertz CT molecular complexity index is 177. The van der Waals surface area contributed by atoms with Crippen LogP contribution in [0.25, 0.3) is 0 Å². The van der Waals surface area contributed by atoms with Gasteiger partial charge in [0.1, 0.15) is 0 Å². The van der Waals surface area contributed by atoms with Crippen LogP contribution < -0.4 is 0 Å². The molecule has 0 aromatic carbocycles. The Hall–Kier alpha value is -0.440. The molecule has 1 rings (SSSR count). The lowest BCUT2D eigenvalue weighted by molar-refractivity contribution is -0.136. The molecular weight excluding hydrogens is 172 g/mol. The molecule has 0 spiro atoms. The molecule has 0 aromatic rings. The fraction of sp³-hybridized carbons (Fsp3) is 0.667. The van der Waals surface area contributed by atoms with E-state index in [4.69, 9.17) is 5.11 Å². The van der Waals surface area contributed by atoms with E-state index in [-0.39, 0.29) is 6.42 Å². The van der Waals surface area contributed by atoms with Gasteiger partial charge in [-0.2, -0.15) is 11.8 Å². The third-order valence-electron chi connectivity index (χ3n) is 1.86. The van der Waals surface area contributed by atoms with E-state index >= 15 is 0 Å². The first-order valence-corrected chi connectivity index (χ1v) is 5.34. The molecule has 1 atom stereocenters. The SMILES string of the molecule is O=C(O)CCS[C@@H]1C=CCCC1. The number of carboxylic acids is 1.